The average molecular weight is 743 g/mol. The van der Waals surface area contributed by atoms with Crippen LogP contribution in [0.1, 0.15) is 31.9 Å². The lowest BCUT2D eigenvalue weighted by Crippen LogP contribution is -2.39. The second-order valence-corrected chi connectivity index (χ2v) is 14.0. The van der Waals surface area contributed by atoms with Crippen LogP contribution in [0.5, 0.6) is 5.75 Å². The Kier molecular flexibility index (Phi) is 14.9. The molecule has 0 saturated carbocycles. The van der Waals surface area contributed by atoms with Gasteiger partial charge in [-0.1, -0.05) is 72.8 Å². The summed E-state index contributed by atoms with van der Waals surface area (Å²) in [5.74, 6) is 0.743. The van der Waals surface area contributed by atoms with Gasteiger partial charge in [0.1, 0.15) is 23.0 Å². The fraction of sp³-hybridized carbons (Fsp3) is 0.333. The van der Waals surface area contributed by atoms with Crippen LogP contribution in [-0.4, -0.2) is 83.4 Å². The Bertz CT molecular complexity index is 1890. The maximum Gasteiger partial charge on any atom is 0.414 e. The molecule has 0 fully saturated rings. The standard InChI is InChI=1S/C42H47FN2O7S/c1-42(2,3)52-41(46)45(22-24-49-28-27-48-23-21-43)36-17-15-34(16-18-36)33-11-7-31(8-12-33)5-6-32-9-13-35(14-10-32)40-44-38-20-19-37(29-39(38)53-40)51-30-50-26-25-47-4/h5-20,29H,21-28,30H2,1-4H3/b6-5+. The summed E-state index contributed by atoms with van der Waals surface area (Å²) in [6.07, 6.45) is 3.73. The lowest BCUT2D eigenvalue weighted by Gasteiger charge is -2.27. The van der Waals surface area contributed by atoms with Crippen molar-refractivity contribution in [1.82, 2.24) is 4.98 Å². The zero-order valence-electron chi connectivity index (χ0n) is 30.7. The number of nitrogens with zero attached hydrogens (tertiary/aromatic N) is 2. The Hall–Kier alpha value is -4.65. The van der Waals surface area contributed by atoms with Gasteiger partial charge in [0.25, 0.3) is 0 Å². The highest BCUT2D eigenvalue weighted by molar-refractivity contribution is 7.21. The van der Waals surface area contributed by atoms with Crippen LogP contribution in [-0.2, 0) is 23.7 Å². The van der Waals surface area contributed by atoms with Crippen LogP contribution in [0.4, 0.5) is 14.9 Å². The minimum atomic E-state index is -0.643. The van der Waals surface area contributed by atoms with E-state index in [9.17, 15) is 9.18 Å². The predicted molar refractivity (Wildman–Crippen MR) is 210 cm³/mol. The van der Waals surface area contributed by atoms with Gasteiger partial charge in [-0.25, -0.2) is 14.2 Å². The molecule has 1 amide bonds. The number of rotatable bonds is 19. The SMILES string of the molecule is COCCOCOc1ccc2nc(-c3ccc(/C=C/c4ccc(-c5ccc(N(CCOCCOCCF)C(=O)OC(C)(C)C)cc5)cc4)cc3)sc2c1. The van der Waals surface area contributed by atoms with E-state index in [0.29, 0.717) is 38.7 Å². The van der Waals surface area contributed by atoms with Gasteiger partial charge in [-0.3, -0.25) is 4.90 Å². The Morgan fingerprint density at radius 3 is 1.98 bits per heavy atom. The normalized spacial score (nSPS) is 11.7. The second-order valence-electron chi connectivity index (χ2n) is 13.0. The zero-order valence-corrected chi connectivity index (χ0v) is 31.5. The fourth-order valence-electron chi connectivity index (χ4n) is 5.15. The quantitative estimate of drug-likeness (QED) is 0.0470. The first-order valence-electron chi connectivity index (χ1n) is 17.5. The van der Waals surface area contributed by atoms with E-state index in [1.165, 1.54) is 0 Å². The minimum Gasteiger partial charge on any atom is -0.468 e. The molecule has 0 aliphatic carbocycles. The monoisotopic (exact) mass is 742 g/mol. The first kappa shape index (κ1) is 39.6. The number of alkyl halides is 1. The third kappa shape index (κ3) is 12.5. The molecular formula is C42H47FN2O7S. The number of carbonyl (C=O) groups is 1. The number of ether oxygens (including phenoxy) is 6. The van der Waals surface area contributed by atoms with E-state index in [1.54, 1.807) is 23.3 Å². The summed E-state index contributed by atoms with van der Waals surface area (Å²) in [6.45, 7) is 7.41. The molecule has 53 heavy (non-hydrogen) atoms. The maximum absolute atomic E-state index is 13.1. The van der Waals surface area contributed by atoms with Crippen LogP contribution >= 0.6 is 11.3 Å². The molecule has 4 aromatic carbocycles. The molecule has 0 bridgehead atoms. The molecule has 5 rings (SSSR count). The van der Waals surface area contributed by atoms with Gasteiger partial charge in [-0.15, -0.1) is 11.3 Å². The zero-order chi connectivity index (χ0) is 37.5. The third-order valence-electron chi connectivity index (χ3n) is 7.82. The van der Waals surface area contributed by atoms with Crippen LogP contribution in [0, 0.1) is 0 Å². The molecule has 0 aliphatic heterocycles. The maximum atomic E-state index is 13.1. The molecule has 0 aliphatic rings. The van der Waals surface area contributed by atoms with Crippen LogP contribution in [0.3, 0.4) is 0 Å². The van der Waals surface area contributed by atoms with Crippen LogP contribution in [0.2, 0.25) is 0 Å². The number of thiazole rings is 1. The summed E-state index contributed by atoms with van der Waals surface area (Å²) in [6, 6.07) is 30.4. The van der Waals surface area contributed by atoms with Crippen molar-refractivity contribution < 1.29 is 37.6 Å². The summed E-state index contributed by atoms with van der Waals surface area (Å²) >= 11 is 1.63. The molecular weight excluding hydrogens is 696 g/mol. The Balaban J connectivity index is 1.17. The molecule has 1 heterocycles. The number of amides is 1. The van der Waals surface area contributed by atoms with E-state index in [-0.39, 0.29) is 20.0 Å². The Morgan fingerprint density at radius 1 is 0.755 bits per heavy atom. The van der Waals surface area contributed by atoms with Crippen molar-refractivity contribution in [2.24, 2.45) is 0 Å². The number of benzene rings is 4. The number of carbonyl (C=O) groups excluding carboxylic acids is 1. The van der Waals surface area contributed by atoms with Gasteiger partial charge in [0.2, 0.25) is 0 Å². The van der Waals surface area contributed by atoms with Gasteiger partial charge in [-0.2, -0.15) is 0 Å². The number of halogens is 1. The summed E-state index contributed by atoms with van der Waals surface area (Å²) in [5.41, 5.74) is 6.30. The largest absolute Gasteiger partial charge is 0.468 e. The van der Waals surface area contributed by atoms with E-state index < -0.39 is 18.4 Å². The fourth-order valence-corrected chi connectivity index (χ4v) is 6.15. The van der Waals surface area contributed by atoms with E-state index in [0.717, 1.165) is 48.8 Å². The summed E-state index contributed by atoms with van der Waals surface area (Å²) in [7, 11) is 1.64. The molecule has 0 spiro atoms. The number of anilines is 1. The number of hydrogen-bond acceptors (Lipinski definition) is 9. The van der Waals surface area contributed by atoms with Crippen molar-refractivity contribution in [2.75, 3.05) is 71.7 Å². The smallest absolute Gasteiger partial charge is 0.414 e. The van der Waals surface area contributed by atoms with Crippen LogP contribution in [0.15, 0.2) is 91.0 Å². The summed E-state index contributed by atoms with van der Waals surface area (Å²) in [5, 5.41) is 0.951. The molecule has 0 N–H and O–H groups in total. The first-order chi connectivity index (χ1) is 25.7. The van der Waals surface area contributed by atoms with Crippen LogP contribution in [0.25, 0.3) is 44.1 Å². The Labute approximate surface area is 314 Å². The molecule has 5 aromatic rings. The average Bonchev–Trinajstić information content (AvgIpc) is 3.58. The first-order valence-corrected chi connectivity index (χ1v) is 18.3. The predicted octanol–water partition coefficient (Wildman–Crippen LogP) is 9.54. The molecule has 9 nitrogen and oxygen atoms in total. The third-order valence-corrected chi connectivity index (χ3v) is 8.88. The lowest BCUT2D eigenvalue weighted by atomic mass is 10.0. The Morgan fingerprint density at radius 2 is 1.36 bits per heavy atom. The van der Waals surface area contributed by atoms with Gasteiger partial charge >= 0.3 is 6.09 Å². The van der Waals surface area contributed by atoms with Crippen molar-refractivity contribution in [3.8, 4) is 27.4 Å². The molecule has 1 aromatic heterocycles. The van der Waals surface area contributed by atoms with Gasteiger partial charge in [0.05, 0.1) is 56.4 Å². The van der Waals surface area contributed by atoms with Gasteiger partial charge in [-0.05, 0) is 73.4 Å². The van der Waals surface area contributed by atoms with E-state index in [2.05, 4.69) is 60.7 Å². The molecule has 280 valence electrons. The van der Waals surface area contributed by atoms with Crippen molar-refractivity contribution in [1.29, 1.82) is 0 Å². The molecule has 0 saturated heterocycles. The van der Waals surface area contributed by atoms with Crippen molar-refractivity contribution in [2.45, 2.75) is 26.4 Å². The second kappa shape index (κ2) is 20.0. The molecule has 0 unspecified atom stereocenters. The van der Waals surface area contributed by atoms with Gasteiger partial charge < -0.3 is 28.4 Å². The number of hydrogen-bond donors (Lipinski definition) is 0. The highest BCUT2D eigenvalue weighted by Gasteiger charge is 2.23. The van der Waals surface area contributed by atoms with Crippen molar-refractivity contribution in [3.63, 3.8) is 0 Å². The summed E-state index contributed by atoms with van der Waals surface area (Å²) < 4.78 is 45.7. The highest BCUT2D eigenvalue weighted by Crippen LogP contribution is 2.33. The molecule has 11 heteroatoms. The van der Waals surface area contributed by atoms with Crippen molar-refractivity contribution >= 4 is 45.5 Å². The number of methoxy groups -OCH3 is 1. The van der Waals surface area contributed by atoms with Crippen LogP contribution < -0.4 is 9.64 Å². The highest BCUT2D eigenvalue weighted by atomic mass is 32.1. The molecule has 0 atom stereocenters. The van der Waals surface area contributed by atoms with E-state index in [1.807, 2.05) is 63.2 Å². The lowest BCUT2D eigenvalue weighted by molar-refractivity contribution is -0.00840. The number of aromatic nitrogens is 1. The van der Waals surface area contributed by atoms with E-state index >= 15 is 0 Å². The minimum absolute atomic E-state index is 0.0496. The van der Waals surface area contributed by atoms with Crippen molar-refractivity contribution in [3.05, 3.63) is 102 Å². The molecule has 0 radical (unpaired) electrons. The van der Waals surface area contributed by atoms with Gasteiger partial charge in [0.15, 0.2) is 6.79 Å². The number of fused-ring (bicyclic) bond motifs is 1. The van der Waals surface area contributed by atoms with E-state index in [4.69, 9.17) is 33.4 Å². The summed E-state index contributed by atoms with van der Waals surface area (Å²) in [4.78, 5) is 19.4. The van der Waals surface area contributed by atoms with Gasteiger partial charge in [0, 0.05) is 18.4 Å². The topological polar surface area (TPSA) is 88.6 Å².